The molecule has 0 aromatic heterocycles. The van der Waals surface area contributed by atoms with E-state index < -0.39 is 0 Å². The van der Waals surface area contributed by atoms with Crippen LogP contribution in [-0.4, -0.2) is 0 Å². The van der Waals surface area contributed by atoms with Crippen LogP contribution in [0.25, 0.3) is 75.8 Å². The molecule has 0 bridgehead atoms. The molecule has 0 saturated heterocycles. The summed E-state index contributed by atoms with van der Waals surface area (Å²) >= 11 is 0. The number of benzene rings is 9. The molecule has 1 aliphatic heterocycles. The first-order valence-corrected chi connectivity index (χ1v) is 25.4. The fraction of sp³-hybridized carbons (Fsp3) is 0.273. The second-order valence-electron chi connectivity index (χ2n) is 22.1. The predicted molar refractivity (Wildman–Crippen MR) is 291 cm³/mol. The van der Waals surface area contributed by atoms with E-state index in [0.717, 1.165) is 31.6 Å². The van der Waals surface area contributed by atoms with Gasteiger partial charge in [0, 0.05) is 30.6 Å². The Kier molecular flexibility index (Phi) is 8.39. The van der Waals surface area contributed by atoms with Gasteiger partial charge in [-0.3, -0.25) is 0 Å². The van der Waals surface area contributed by atoms with Crippen LogP contribution in [0.2, 0.25) is 0 Å². The Balaban J connectivity index is 0.000000113. The molecular weight excluding hydrogens is 821 g/mol. The third-order valence-electron chi connectivity index (χ3n) is 18.1. The molecule has 7 aliphatic rings. The van der Waals surface area contributed by atoms with Gasteiger partial charge in [0.1, 0.15) is 0 Å². The minimum Gasteiger partial charge on any atom is -0.399 e. The molecule has 2 heteroatoms. The minimum absolute atomic E-state index is 0.425. The molecule has 1 fully saturated rings. The predicted octanol–water partition coefficient (Wildman–Crippen LogP) is 15.5. The van der Waals surface area contributed by atoms with E-state index in [0.29, 0.717) is 11.8 Å². The molecule has 3 N–H and O–H groups in total. The maximum Gasteiger partial charge on any atom is 0.0326 e. The summed E-state index contributed by atoms with van der Waals surface area (Å²) in [4.78, 5) is 0. The molecule has 0 spiro atoms. The summed E-state index contributed by atoms with van der Waals surface area (Å²) in [5, 5.41) is 21.8. The average Bonchev–Trinajstić information content (AvgIpc) is 4.03. The van der Waals surface area contributed by atoms with Crippen molar-refractivity contribution in [2.24, 2.45) is 5.92 Å². The fourth-order valence-corrected chi connectivity index (χ4v) is 15.2. The lowest BCUT2D eigenvalue weighted by atomic mass is 9.54. The summed E-state index contributed by atoms with van der Waals surface area (Å²) in [5.41, 5.74) is 38.1. The highest BCUT2D eigenvalue weighted by Crippen LogP contribution is 2.62. The van der Waals surface area contributed by atoms with Gasteiger partial charge in [0.05, 0.1) is 0 Å². The van der Waals surface area contributed by atoms with Crippen molar-refractivity contribution in [3.05, 3.63) is 190 Å². The third-order valence-corrected chi connectivity index (χ3v) is 18.1. The normalized spacial score (nSPS) is 19.2. The number of fused-ring (bicyclic) bond motifs is 2. The van der Waals surface area contributed by atoms with Crippen LogP contribution in [0.5, 0.6) is 0 Å². The molecule has 2 atom stereocenters. The zero-order valence-electron chi connectivity index (χ0n) is 41.3. The average molecular weight is 881 g/mol. The lowest BCUT2D eigenvalue weighted by Crippen LogP contribution is -2.38. The Bertz CT molecular complexity index is 3850. The van der Waals surface area contributed by atoms with E-state index in [1.807, 2.05) is 0 Å². The number of aryl methyl sites for hydroxylation is 4. The van der Waals surface area contributed by atoms with Crippen LogP contribution in [-0.2, 0) is 32.4 Å². The lowest BCUT2D eigenvalue weighted by molar-refractivity contribution is 0.596. The maximum absolute atomic E-state index is 6.50. The van der Waals surface area contributed by atoms with Gasteiger partial charge in [-0.05, 0) is 277 Å². The number of nitrogens with two attached hydrogens (primary N) is 1. The van der Waals surface area contributed by atoms with E-state index >= 15 is 0 Å². The molecule has 9 aromatic carbocycles. The highest BCUT2D eigenvalue weighted by atomic mass is 14.9. The summed E-state index contributed by atoms with van der Waals surface area (Å²) in [7, 11) is 0. The second-order valence-corrected chi connectivity index (χ2v) is 22.1. The first kappa shape index (κ1) is 40.6. The van der Waals surface area contributed by atoms with Gasteiger partial charge in [-0.25, -0.2) is 0 Å². The SMILES string of the molecule is CC1=CC2=C(C)c3cc(C)c4cc5cc(N)cc6c(C)c7c8c(c4c3C3C=8C(=C(C)C7)CC(=C1)C23)c56.Cc1c2c(c(C)c3c1CNC3)CCC2.Cc1cc2ccc3cc(C)cc4ccc(c1)c2c34. The molecule has 16 rings (SSSR count). The molecule has 334 valence electrons. The minimum atomic E-state index is 0.425. The van der Waals surface area contributed by atoms with E-state index in [-0.39, 0.29) is 0 Å². The van der Waals surface area contributed by atoms with Gasteiger partial charge in [-0.1, -0.05) is 83.5 Å². The van der Waals surface area contributed by atoms with E-state index in [4.69, 9.17) is 5.73 Å². The van der Waals surface area contributed by atoms with E-state index in [1.54, 1.807) is 77.6 Å². The molecule has 9 aromatic rings. The van der Waals surface area contributed by atoms with E-state index in [1.165, 1.54) is 123 Å². The Labute approximate surface area is 400 Å². The largest absolute Gasteiger partial charge is 0.399 e. The smallest absolute Gasteiger partial charge is 0.0326 e. The first-order chi connectivity index (χ1) is 32.8. The molecule has 0 radical (unpaired) electrons. The van der Waals surface area contributed by atoms with Crippen molar-refractivity contribution in [2.75, 3.05) is 5.73 Å². The van der Waals surface area contributed by atoms with E-state index in [9.17, 15) is 0 Å². The van der Waals surface area contributed by atoms with Crippen molar-refractivity contribution in [2.45, 2.75) is 113 Å². The van der Waals surface area contributed by atoms with Gasteiger partial charge >= 0.3 is 0 Å². The number of hydrogen-bond acceptors (Lipinski definition) is 2. The third kappa shape index (κ3) is 5.33. The second kappa shape index (κ2) is 14.1. The van der Waals surface area contributed by atoms with Gasteiger partial charge < -0.3 is 11.1 Å². The Morgan fingerprint density at radius 2 is 1.15 bits per heavy atom. The van der Waals surface area contributed by atoms with Crippen LogP contribution in [0, 0.1) is 47.5 Å². The number of rotatable bonds is 0. The van der Waals surface area contributed by atoms with Crippen LogP contribution < -0.4 is 16.3 Å². The highest BCUT2D eigenvalue weighted by Gasteiger charge is 2.48. The van der Waals surface area contributed by atoms with Gasteiger partial charge in [0.2, 0.25) is 0 Å². The number of hydrogen-bond donors (Lipinski definition) is 2. The van der Waals surface area contributed by atoms with Crippen molar-refractivity contribution < 1.29 is 0 Å². The van der Waals surface area contributed by atoms with Gasteiger partial charge in [0.25, 0.3) is 0 Å². The van der Waals surface area contributed by atoms with Crippen LogP contribution in [0.1, 0.15) is 112 Å². The lowest BCUT2D eigenvalue weighted by Gasteiger charge is -2.48. The molecule has 2 unspecified atom stereocenters. The summed E-state index contributed by atoms with van der Waals surface area (Å²) in [6.07, 6.45) is 11.2. The maximum atomic E-state index is 6.50. The zero-order valence-corrected chi connectivity index (χ0v) is 41.3. The monoisotopic (exact) mass is 880 g/mol. The first-order valence-electron chi connectivity index (χ1n) is 25.4. The number of anilines is 1. The van der Waals surface area contributed by atoms with Crippen molar-refractivity contribution in [1.29, 1.82) is 0 Å². The van der Waals surface area contributed by atoms with Crippen LogP contribution >= 0.6 is 0 Å². The number of nitrogens with one attached hydrogen (secondary N) is 1. The number of nitrogen functional groups attached to an aromatic ring is 1. The van der Waals surface area contributed by atoms with Crippen LogP contribution in [0.4, 0.5) is 5.69 Å². The quantitative estimate of drug-likeness (QED) is 0.0905. The van der Waals surface area contributed by atoms with E-state index in [2.05, 4.69) is 153 Å². The summed E-state index contributed by atoms with van der Waals surface area (Å²) in [5.74, 6) is 0.900. The molecule has 1 heterocycles. The topological polar surface area (TPSA) is 38.0 Å². The molecule has 1 saturated carbocycles. The Morgan fingerprint density at radius 3 is 1.76 bits per heavy atom. The summed E-state index contributed by atoms with van der Waals surface area (Å²) in [6.45, 7) is 22.9. The van der Waals surface area contributed by atoms with Gasteiger partial charge in [-0.15, -0.1) is 0 Å². The fourth-order valence-electron chi connectivity index (χ4n) is 15.2. The van der Waals surface area contributed by atoms with Crippen LogP contribution in [0.15, 0.2) is 113 Å². The van der Waals surface area contributed by atoms with Crippen molar-refractivity contribution in [3.63, 3.8) is 0 Å². The zero-order chi connectivity index (χ0) is 46.3. The number of allylic oxidation sites excluding steroid dienone is 8. The molecule has 6 aliphatic carbocycles. The summed E-state index contributed by atoms with van der Waals surface area (Å²) < 4.78 is 0. The van der Waals surface area contributed by atoms with Crippen molar-refractivity contribution in [1.82, 2.24) is 5.32 Å². The van der Waals surface area contributed by atoms with Crippen molar-refractivity contribution >= 4 is 81.5 Å². The van der Waals surface area contributed by atoms with Gasteiger partial charge in [-0.2, -0.15) is 0 Å². The molecule has 2 nitrogen and oxygen atoms in total. The highest BCUT2D eigenvalue weighted by molar-refractivity contribution is 6.27. The molecule has 68 heavy (non-hydrogen) atoms. The summed E-state index contributed by atoms with van der Waals surface area (Å²) in [6, 6.07) is 27.5. The Morgan fingerprint density at radius 1 is 0.529 bits per heavy atom. The van der Waals surface area contributed by atoms with Crippen molar-refractivity contribution in [3.8, 4) is 0 Å². The van der Waals surface area contributed by atoms with Gasteiger partial charge in [0.15, 0.2) is 0 Å². The Hall–Kier alpha value is -6.48. The molecule has 0 amide bonds. The molecular formula is C66H60N2. The standard InChI is InChI=1S/C35H29N.C18H14.C13H17N/c1-14-6-19-11-22-15(2)9-26-18(5)27-13-21(36)10-20-12-23-16(3)8-25-17(4)24(7-14)28(19)34-30(22)33(26)35(29(20)27)31(23)32(25)34;1-11-7-13-3-5-15-9-12(2)10-16-6-4-14(8-11)17(13)18(15)16;1-8-10-4-3-5-11(10)9(2)13-7-14-6-12(8)13/h6-8,10,12-13,28,34H,9,11,36H2,1-5H3;3-10H,1-2H3;14H,3-7H2,1-2H3. The van der Waals surface area contributed by atoms with Crippen LogP contribution in [0.3, 0.4) is 0 Å².